The SMILES string of the molecule is CN(C)Cc1cccc(Nc2ncc3c(=O)c(C(N)=O)cn(-c4ccc5c(c4)CCC5)c3n2)c1. The van der Waals surface area contributed by atoms with Crippen LogP contribution in [0.1, 0.15) is 33.5 Å². The minimum Gasteiger partial charge on any atom is -0.365 e. The van der Waals surface area contributed by atoms with Crippen molar-refractivity contribution in [3.8, 4) is 5.69 Å². The van der Waals surface area contributed by atoms with Crippen LogP contribution in [-0.4, -0.2) is 39.4 Å². The van der Waals surface area contributed by atoms with Crippen LogP contribution in [-0.2, 0) is 19.4 Å². The van der Waals surface area contributed by atoms with Crippen molar-refractivity contribution in [3.05, 3.63) is 87.3 Å². The molecule has 2 aromatic carbocycles. The van der Waals surface area contributed by atoms with Crippen LogP contribution in [0.25, 0.3) is 16.7 Å². The lowest BCUT2D eigenvalue weighted by Gasteiger charge is -2.15. The number of carbonyl (C=O) groups excluding carboxylic acids is 1. The van der Waals surface area contributed by atoms with Crippen molar-refractivity contribution in [1.29, 1.82) is 0 Å². The fourth-order valence-electron chi connectivity index (χ4n) is 4.49. The zero-order valence-electron chi connectivity index (χ0n) is 19.2. The monoisotopic (exact) mass is 454 g/mol. The molecule has 8 heteroatoms. The molecule has 0 atom stereocenters. The maximum atomic E-state index is 12.9. The van der Waals surface area contributed by atoms with Gasteiger partial charge in [0, 0.05) is 30.3 Å². The maximum Gasteiger partial charge on any atom is 0.254 e. The second-order valence-corrected chi connectivity index (χ2v) is 8.91. The molecular formula is C26H26N6O2. The Bertz CT molecular complexity index is 1470. The second-order valence-electron chi connectivity index (χ2n) is 8.91. The number of hydrogen-bond acceptors (Lipinski definition) is 6. The molecule has 1 aliphatic rings. The molecule has 0 fully saturated rings. The van der Waals surface area contributed by atoms with Gasteiger partial charge in [-0.2, -0.15) is 4.98 Å². The van der Waals surface area contributed by atoms with Crippen LogP contribution in [0.5, 0.6) is 0 Å². The van der Waals surface area contributed by atoms with Gasteiger partial charge in [-0.05, 0) is 74.3 Å². The molecule has 3 N–H and O–H groups in total. The van der Waals surface area contributed by atoms with Gasteiger partial charge in [-0.3, -0.25) is 9.59 Å². The third-order valence-electron chi connectivity index (χ3n) is 6.05. The first-order chi connectivity index (χ1) is 16.4. The van der Waals surface area contributed by atoms with E-state index in [-0.39, 0.29) is 10.9 Å². The molecule has 4 aromatic rings. The van der Waals surface area contributed by atoms with Crippen molar-refractivity contribution < 1.29 is 4.79 Å². The highest BCUT2D eigenvalue weighted by Crippen LogP contribution is 2.26. The summed E-state index contributed by atoms with van der Waals surface area (Å²) in [6.45, 7) is 0.807. The maximum absolute atomic E-state index is 12.9. The number of benzene rings is 2. The third-order valence-corrected chi connectivity index (χ3v) is 6.05. The van der Waals surface area contributed by atoms with Gasteiger partial charge in [0.05, 0.1) is 5.39 Å². The summed E-state index contributed by atoms with van der Waals surface area (Å²) < 4.78 is 1.75. The van der Waals surface area contributed by atoms with Crippen molar-refractivity contribution in [1.82, 2.24) is 19.4 Å². The standard InChI is InChI=1S/C26H26N6O2/c1-31(2)14-16-5-3-8-19(11-16)29-26-28-13-21-23(33)22(24(27)34)15-32(25(21)30-26)20-10-9-17-6-4-7-18(17)12-20/h3,5,8-13,15H,4,6-7,14H2,1-2H3,(H2,27,34)(H,28,29,30). The van der Waals surface area contributed by atoms with Crippen molar-refractivity contribution >= 4 is 28.6 Å². The van der Waals surface area contributed by atoms with E-state index >= 15 is 0 Å². The molecule has 0 aliphatic heterocycles. The third kappa shape index (κ3) is 4.15. The van der Waals surface area contributed by atoms with Gasteiger partial charge < -0.3 is 20.5 Å². The number of aromatic nitrogens is 3. The van der Waals surface area contributed by atoms with Crippen LogP contribution < -0.4 is 16.5 Å². The number of aryl methyl sites for hydroxylation is 2. The van der Waals surface area contributed by atoms with Crippen LogP contribution in [0.3, 0.4) is 0 Å². The zero-order valence-corrected chi connectivity index (χ0v) is 19.2. The highest BCUT2D eigenvalue weighted by molar-refractivity contribution is 5.96. The van der Waals surface area contributed by atoms with Gasteiger partial charge in [-0.1, -0.05) is 18.2 Å². The number of carbonyl (C=O) groups is 1. The highest BCUT2D eigenvalue weighted by Gasteiger charge is 2.18. The van der Waals surface area contributed by atoms with Crippen molar-refractivity contribution in [2.24, 2.45) is 5.73 Å². The number of nitrogens with one attached hydrogen (secondary N) is 1. The first-order valence-corrected chi connectivity index (χ1v) is 11.2. The van der Waals surface area contributed by atoms with Crippen molar-refractivity contribution in [2.45, 2.75) is 25.8 Å². The van der Waals surface area contributed by atoms with E-state index in [1.165, 1.54) is 23.5 Å². The molecule has 2 heterocycles. The van der Waals surface area contributed by atoms with Crippen molar-refractivity contribution in [3.63, 3.8) is 0 Å². The summed E-state index contributed by atoms with van der Waals surface area (Å²) >= 11 is 0. The molecule has 0 bridgehead atoms. The number of rotatable bonds is 6. The largest absolute Gasteiger partial charge is 0.365 e. The summed E-state index contributed by atoms with van der Waals surface area (Å²) in [5.41, 5.74) is 10.8. The van der Waals surface area contributed by atoms with Gasteiger partial charge in [-0.25, -0.2) is 4.98 Å². The fraction of sp³-hybridized carbons (Fsp3) is 0.231. The highest BCUT2D eigenvalue weighted by atomic mass is 16.2. The lowest BCUT2D eigenvalue weighted by molar-refractivity contribution is 0.0999. The number of hydrogen-bond donors (Lipinski definition) is 2. The number of amides is 1. The molecule has 0 saturated carbocycles. The van der Waals surface area contributed by atoms with Gasteiger partial charge in [0.15, 0.2) is 5.65 Å². The Kier molecular flexibility index (Phi) is 5.59. The molecule has 0 saturated heterocycles. The first kappa shape index (κ1) is 21.8. The Hall–Kier alpha value is -4.04. The van der Waals surface area contributed by atoms with Crippen LogP contribution >= 0.6 is 0 Å². The zero-order chi connectivity index (χ0) is 23.8. The van der Waals surface area contributed by atoms with Gasteiger partial charge in [0.25, 0.3) is 5.91 Å². The molecule has 5 rings (SSSR count). The predicted molar refractivity (Wildman–Crippen MR) is 133 cm³/mol. The van der Waals surface area contributed by atoms with Crippen LogP contribution in [0.15, 0.2) is 59.7 Å². The van der Waals surface area contributed by atoms with E-state index in [0.29, 0.717) is 11.6 Å². The van der Waals surface area contributed by atoms with Crippen molar-refractivity contribution in [2.75, 3.05) is 19.4 Å². The molecule has 172 valence electrons. The van der Waals surface area contributed by atoms with E-state index in [4.69, 9.17) is 5.73 Å². The molecule has 0 spiro atoms. The minimum atomic E-state index is -0.776. The molecule has 34 heavy (non-hydrogen) atoms. The van der Waals surface area contributed by atoms with E-state index in [2.05, 4.69) is 38.4 Å². The molecule has 0 unspecified atom stereocenters. The summed E-state index contributed by atoms with van der Waals surface area (Å²) in [7, 11) is 4.04. The first-order valence-electron chi connectivity index (χ1n) is 11.2. The number of fused-ring (bicyclic) bond motifs is 2. The fourth-order valence-corrected chi connectivity index (χ4v) is 4.49. The summed E-state index contributed by atoms with van der Waals surface area (Å²) in [4.78, 5) is 36.1. The summed E-state index contributed by atoms with van der Waals surface area (Å²) in [6.07, 6.45) is 6.13. The summed E-state index contributed by atoms with van der Waals surface area (Å²) in [5.74, 6) is -0.419. The lowest BCUT2D eigenvalue weighted by atomic mass is 10.1. The number of anilines is 2. The van der Waals surface area contributed by atoms with E-state index in [1.807, 2.05) is 38.4 Å². The van der Waals surface area contributed by atoms with E-state index < -0.39 is 11.3 Å². The topological polar surface area (TPSA) is 106 Å². The Balaban J connectivity index is 1.62. The number of nitrogens with zero attached hydrogens (tertiary/aromatic N) is 4. The smallest absolute Gasteiger partial charge is 0.254 e. The van der Waals surface area contributed by atoms with E-state index in [9.17, 15) is 9.59 Å². The van der Waals surface area contributed by atoms with Gasteiger partial charge in [0.2, 0.25) is 11.4 Å². The summed E-state index contributed by atoms with van der Waals surface area (Å²) in [6, 6.07) is 14.2. The number of pyridine rings is 1. The normalized spacial score (nSPS) is 12.8. The number of nitrogens with two attached hydrogens (primary N) is 1. The number of primary amides is 1. The van der Waals surface area contributed by atoms with Gasteiger partial charge >= 0.3 is 0 Å². The van der Waals surface area contributed by atoms with Crippen LogP contribution in [0.4, 0.5) is 11.6 Å². The second kappa shape index (κ2) is 8.72. The average molecular weight is 455 g/mol. The Morgan fingerprint density at radius 1 is 1.15 bits per heavy atom. The average Bonchev–Trinajstić information content (AvgIpc) is 3.27. The molecule has 1 aliphatic carbocycles. The van der Waals surface area contributed by atoms with E-state index in [0.717, 1.165) is 42.7 Å². The molecular weight excluding hydrogens is 428 g/mol. The Morgan fingerprint density at radius 2 is 1.97 bits per heavy atom. The van der Waals surface area contributed by atoms with Crippen LogP contribution in [0.2, 0.25) is 0 Å². The Morgan fingerprint density at radius 3 is 2.76 bits per heavy atom. The molecule has 2 aromatic heterocycles. The van der Waals surface area contributed by atoms with Gasteiger partial charge in [0.1, 0.15) is 5.56 Å². The molecule has 8 nitrogen and oxygen atoms in total. The van der Waals surface area contributed by atoms with E-state index in [1.54, 1.807) is 4.57 Å². The predicted octanol–water partition coefficient (Wildman–Crippen LogP) is 3.17. The quantitative estimate of drug-likeness (QED) is 0.464. The van der Waals surface area contributed by atoms with Gasteiger partial charge in [-0.15, -0.1) is 0 Å². The van der Waals surface area contributed by atoms with Crippen LogP contribution in [0, 0.1) is 0 Å². The minimum absolute atomic E-state index is 0.0892. The Labute approximate surface area is 197 Å². The summed E-state index contributed by atoms with van der Waals surface area (Å²) in [5, 5.41) is 3.48. The molecule has 0 radical (unpaired) electrons. The molecule has 1 amide bonds. The lowest BCUT2D eigenvalue weighted by Crippen LogP contribution is -2.24.